The highest BCUT2D eigenvalue weighted by atomic mass is 32.2. The smallest absolute Gasteiger partial charge is 0.404 e. The lowest BCUT2D eigenvalue weighted by Gasteiger charge is -2.17. The highest BCUT2D eigenvalue weighted by molar-refractivity contribution is 7.92. The number of hydrogen-bond acceptors (Lipinski definition) is 5. The lowest BCUT2D eigenvalue weighted by molar-refractivity contribution is -0.275. The number of anilines is 1. The van der Waals surface area contributed by atoms with E-state index in [-0.39, 0.29) is 10.6 Å². The topological polar surface area (TPSA) is 92.8 Å². The molecule has 7 nitrogen and oxygen atoms in total. The largest absolute Gasteiger partial charge is 0.573 e. The van der Waals surface area contributed by atoms with Crippen LogP contribution in [0.4, 0.5) is 18.9 Å². The molecule has 0 atom stereocenters. The van der Waals surface area contributed by atoms with Gasteiger partial charge in [0.05, 0.1) is 10.6 Å². The molecule has 0 saturated carbocycles. The van der Waals surface area contributed by atoms with Gasteiger partial charge in [0.1, 0.15) is 10.6 Å². The van der Waals surface area contributed by atoms with Gasteiger partial charge in [0, 0.05) is 14.1 Å². The minimum absolute atomic E-state index is 0.132. The second-order valence-corrected chi connectivity index (χ2v) is 9.64. The maximum atomic E-state index is 12.6. The maximum absolute atomic E-state index is 12.6. The molecule has 0 unspecified atom stereocenters. The van der Waals surface area contributed by atoms with E-state index in [1.54, 1.807) is 0 Å². The molecule has 0 spiro atoms. The van der Waals surface area contributed by atoms with Crippen molar-refractivity contribution in [3.05, 3.63) is 48.0 Å². The zero-order valence-corrected chi connectivity index (χ0v) is 16.6. The molecule has 0 amide bonds. The van der Waals surface area contributed by atoms with Crippen molar-refractivity contribution in [3.8, 4) is 5.75 Å². The average molecular weight is 438 g/mol. The number of nitrogens with zero attached hydrogens (tertiary/aromatic N) is 1. The molecule has 0 saturated heterocycles. The van der Waals surface area contributed by atoms with Crippen molar-refractivity contribution in [2.24, 2.45) is 0 Å². The summed E-state index contributed by atoms with van der Waals surface area (Å²) in [4.78, 5) is -0.887. The quantitative estimate of drug-likeness (QED) is 0.749. The molecule has 12 heteroatoms. The Morgan fingerprint density at radius 1 is 0.964 bits per heavy atom. The molecule has 0 aliphatic carbocycles. The first-order chi connectivity index (χ1) is 12.7. The van der Waals surface area contributed by atoms with Gasteiger partial charge < -0.3 is 4.74 Å². The summed E-state index contributed by atoms with van der Waals surface area (Å²) in [5, 5.41) is 0. The van der Waals surface area contributed by atoms with Gasteiger partial charge in [-0.1, -0.05) is 18.2 Å². The minimum atomic E-state index is -5.08. The average Bonchev–Trinajstić information content (AvgIpc) is 2.55. The molecule has 0 aliphatic rings. The summed E-state index contributed by atoms with van der Waals surface area (Å²) in [6.45, 7) is 1.53. The number of para-hydroxylation sites is 1. The first-order valence-corrected chi connectivity index (χ1v) is 10.6. The lowest BCUT2D eigenvalue weighted by atomic mass is 10.2. The third kappa shape index (κ3) is 4.94. The van der Waals surface area contributed by atoms with Gasteiger partial charge in [0.15, 0.2) is 0 Å². The zero-order valence-electron chi connectivity index (χ0n) is 15.0. The standard InChI is InChI=1S/C16H17F3N2O5S2/c1-11-8-9-12(10-15(11)28(24,25)21(2)3)20-27(22,23)14-7-5-4-6-13(14)26-16(17,18)19/h4-10,20H,1-3H3. The van der Waals surface area contributed by atoms with Crippen LogP contribution < -0.4 is 9.46 Å². The van der Waals surface area contributed by atoms with Crippen LogP contribution in [0.2, 0.25) is 0 Å². The van der Waals surface area contributed by atoms with Gasteiger partial charge in [-0.25, -0.2) is 21.1 Å². The van der Waals surface area contributed by atoms with Gasteiger partial charge in [-0.05, 0) is 36.8 Å². The molecule has 0 aliphatic heterocycles. The summed E-state index contributed by atoms with van der Waals surface area (Å²) in [6, 6.07) is 7.99. The van der Waals surface area contributed by atoms with E-state index in [9.17, 15) is 30.0 Å². The first kappa shape index (κ1) is 22.0. The van der Waals surface area contributed by atoms with E-state index in [4.69, 9.17) is 0 Å². The summed E-state index contributed by atoms with van der Waals surface area (Å²) < 4.78 is 94.2. The monoisotopic (exact) mass is 438 g/mol. The van der Waals surface area contributed by atoms with Crippen LogP contribution in [0, 0.1) is 6.92 Å². The number of hydrogen-bond donors (Lipinski definition) is 1. The van der Waals surface area contributed by atoms with E-state index in [2.05, 4.69) is 9.46 Å². The number of sulfonamides is 2. The van der Waals surface area contributed by atoms with E-state index in [1.807, 2.05) is 0 Å². The Labute approximate surface area is 160 Å². The second-order valence-electron chi connectivity index (χ2n) is 5.87. The van der Waals surface area contributed by atoms with Crippen molar-refractivity contribution in [3.63, 3.8) is 0 Å². The normalized spacial score (nSPS) is 12.8. The van der Waals surface area contributed by atoms with Crippen LogP contribution >= 0.6 is 0 Å². The summed E-state index contributed by atoms with van der Waals surface area (Å²) >= 11 is 0. The molecule has 0 aromatic heterocycles. The number of nitrogens with one attached hydrogen (secondary N) is 1. The number of aryl methyl sites for hydroxylation is 1. The van der Waals surface area contributed by atoms with Crippen LogP contribution in [0.1, 0.15) is 5.56 Å². The zero-order chi connectivity index (χ0) is 21.3. The molecule has 0 radical (unpaired) electrons. The van der Waals surface area contributed by atoms with Crippen LogP contribution in [0.3, 0.4) is 0 Å². The highest BCUT2D eigenvalue weighted by Crippen LogP contribution is 2.31. The minimum Gasteiger partial charge on any atom is -0.404 e. The van der Waals surface area contributed by atoms with Crippen molar-refractivity contribution >= 4 is 25.7 Å². The summed E-state index contributed by atoms with van der Waals surface area (Å²) in [6.07, 6.45) is -5.08. The number of rotatable bonds is 6. The molecule has 28 heavy (non-hydrogen) atoms. The first-order valence-electron chi connectivity index (χ1n) is 7.65. The van der Waals surface area contributed by atoms with Gasteiger partial charge in [-0.2, -0.15) is 0 Å². The van der Waals surface area contributed by atoms with Gasteiger partial charge in [0.25, 0.3) is 10.0 Å². The van der Waals surface area contributed by atoms with E-state index < -0.39 is 37.1 Å². The Hall–Kier alpha value is -2.31. The number of halogens is 3. The van der Waals surface area contributed by atoms with Gasteiger partial charge in [-0.15, -0.1) is 13.2 Å². The van der Waals surface area contributed by atoms with E-state index in [0.29, 0.717) is 5.56 Å². The molecule has 0 bridgehead atoms. The molecule has 2 rings (SSSR count). The Bertz CT molecular complexity index is 1080. The third-order valence-corrected chi connectivity index (χ3v) is 6.94. The molecule has 2 aromatic carbocycles. The van der Waals surface area contributed by atoms with Gasteiger partial charge in [-0.3, -0.25) is 4.72 Å². The van der Waals surface area contributed by atoms with E-state index >= 15 is 0 Å². The summed E-state index contributed by atoms with van der Waals surface area (Å²) in [5.74, 6) is -0.907. The van der Waals surface area contributed by atoms with E-state index in [0.717, 1.165) is 22.5 Å². The predicted molar refractivity (Wildman–Crippen MR) is 96.0 cm³/mol. The van der Waals surface area contributed by atoms with Gasteiger partial charge >= 0.3 is 6.36 Å². The van der Waals surface area contributed by atoms with Crippen LogP contribution in [-0.2, 0) is 20.0 Å². The molecular weight excluding hydrogens is 421 g/mol. The fraction of sp³-hybridized carbons (Fsp3) is 0.250. The molecule has 2 aromatic rings. The van der Waals surface area contributed by atoms with E-state index in [1.165, 1.54) is 45.3 Å². The molecule has 154 valence electrons. The van der Waals surface area contributed by atoms with Crippen molar-refractivity contribution in [1.82, 2.24) is 4.31 Å². The Kier molecular flexibility index (Phi) is 5.97. The van der Waals surface area contributed by atoms with Crippen molar-refractivity contribution < 1.29 is 34.7 Å². The molecule has 0 heterocycles. The number of alkyl halides is 3. The second kappa shape index (κ2) is 7.60. The molecule has 1 N–H and O–H groups in total. The highest BCUT2D eigenvalue weighted by Gasteiger charge is 2.34. The van der Waals surface area contributed by atoms with Crippen molar-refractivity contribution in [2.45, 2.75) is 23.1 Å². The summed E-state index contributed by atoms with van der Waals surface area (Å²) in [5.41, 5.74) is 0.241. The molecular formula is C16H17F3N2O5S2. The van der Waals surface area contributed by atoms with Crippen LogP contribution in [0.5, 0.6) is 5.75 Å². The lowest BCUT2D eigenvalue weighted by Crippen LogP contribution is -2.23. The molecule has 0 fully saturated rings. The predicted octanol–water partition coefficient (Wildman–Crippen LogP) is 2.94. The van der Waals surface area contributed by atoms with Crippen LogP contribution in [-0.4, -0.2) is 41.6 Å². The number of ether oxygens (including phenoxy) is 1. The fourth-order valence-electron chi connectivity index (χ4n) is 2.23. The summed E-state index contributed by atoms with van der Waals surface area (Å²) in [7, 11) is -5.72. The third-order valence-electron chi connectivity index (χ3n) is 3.56. The SMILES string of the molecule is Cc1ccc(NS(=O)(=O)c2ccccc2OC(F)(F)F)cc1S(=O)(=O)N(C)C. The fourth-order valence-corrected chi connectivity index (χ4v) is 4.55. The van der Waals surface area contributed by atoms with Crippen molar-refractivity contribution in [2.75, 3.05) is 18.8 Å². The number of benzene rings is 2. The maximum Gasteiger partial charge on any atom is 0.573 e. The van der Waals surface area contributed by atoms with Crippen LogP contribution in [0.15, 0.2) is 52.3 Å². The van der Waals surface area contributed by atoms with Crippen LogP contribution in [0.25, 0.3) is 0 Å². The van der Waals surface area contributed by atoms with Crippen molar-refractivity contribution in [1.29, 1.82) is 0 Å². The Morgan fingerprint density at radius 2 is 1.57 bits per heavy atom. The Balaban J connectivity index is 2.47. The van der Waals surface area contributed by atoms with Gasteiger partial charge in [0.2, 0.25) is 10.0 Å². The Morgan fingerprint density at radius 3 is 2.14 bits per heavy atom.